The van der Waals surface area contributed by atoms with Gasteiger partial charge in [0, 0.05) is 6.54 Å². The average Bonchev–Trinajstić information content (AvgIpc) is 2.60. The van der Waals surface area contributed by atoms with Crippen molar-refractivity contribution in [2.24, 2.45) is 0 Å². The Hall–Kier alpha value is -2.61. The largest absolute Gasteiger partial charge is 0.467 e. The van der Waals surface area contributed by atoms with Crippen LogP contribution in [0.4, 0.5) is 4.79 Å². The van der Waals surface area contributed by atoms with E-state index in [0.29, 0.717) is 5.56 Å². The molecule has 1 aromatic rings. The van der Waals surface area contributed by atoms with Gasteiger partial charge in [0.25, 0.3) is 0 Å². The predicted molar refractivity (Wildman–Crippen MR) is 92.2 cm³/mol. The second-order valence-electron chi connectivity index (χ2n) is 6.85. The zero-order valence-corrected chi connectivity index (χ0v) is 15.4. The van der Waals surface area contributed by atoms with E-state index >= 15 is 0 Å². The van der Waals surface area contributed by atoms with Crippen molar-refractivity contribution in [3.8, 4) is 0 Å². The number of hydroxylamine groups is 2. The smallest absolute Gasteiger partial charge is 0.411 e. The minimum absolute atomic E-state index is 0.00445. The summed E-state index contributed by atoms with van der Waals surface area (Å²) in [6.45, 7) is 5.66. The molecule has 0 unspecified atom stereocenters. The Morgan fingerprint density at radius 1 is 1.08 bits per heavy atom. The van der Waals surface area contributed by atoms with E-state index in [1.54, 1.807) is 51.1 Å². The molecule has 0 saturated carbocycles. The van der Waals surface area contributed by atoms with E-state index in [-0.39, 0.29) is 19.6 Å². The summed E-state index contributed by atoms with van der Waals surface area (Å²) in [7, 11) is 1.24. The number of piperazine rings is 1. The molecular weight excluding hydrogens is 340 g/mol. The van der Waals surface area contributed by atoms with Crippen molar-refractivity contribution in [1.29, 1.82) is 0 Å². The van der Waals surface area contributed by atoms with Crippen molar-refractivity contribution < 1.29 is 28.7 Å². The molecule has 0 spiro atoms. The molecule has 1 amide bonds. The Kier molecular flexibility index (Phi) is 6.20. The fourth-order valence-electron chi connectivity index (χ4n) is 2.46. The van der Waals surface area contributed by atoms with Crippen LogP contribution in [-0.2, 0) is 19.1 Å². The number of hydrogen-bond donors (Lipinski definition) is 0. The second kappa shape index (κ2) is 8.18. The number of benzene rings is 1. The van der Waals surface area contributed by atoms with Gasteiger partial charge < -0.3 is 14.3 Å². The first-order valence-corrected chi connectivity index (χ1v) is 8.31. The van der Waals surface area contributed by atoms with E-state index in [1.165, 1.54) is 17.1 Å². The maximum atomic E-state index is 12.4. The Labute approximate surface area is 152 Å². The van der Waals surface area contributed by atoms with Gasteiger partial charge in [-0.1, -0.05) is 18.2 Å². The third-order valence-electron chi connectivity index (χ3n) is 3.67. The highest BCUT2D eigenvalue weighted by atomic mass is 16.7. The van der Waals surface area contributed by atoms with Gasteiger partial charge in [0.2, 0.25) is 0 Å². The molecule has 1 aliphatic heterocycles. The van der Waals surface area contributed by atoms with Crippen molar-refractivity contribution in [1.82, 2.24) is 9.96 Å². The van der Waals surface area contributed by atoms with Crippen LogP contribution in [-0.4, -0.2) is 66.4 Å². The maximum Gasteiger partial charge on any atom is 0.411 e. The molecule has 142 valence electrons. The van der Waals surface area contributed by atoms with Crippen LogP contribution in [0.25, 0.3) is 0 Å². The summed E-state index contributed by atoms with van der Waals surface area (Å²) < 4.78 is 10.1. The highest BCUT2D eigenvalue weighted by molar-refractivity contribution is 5.89. The highest BCUT2D eigenvalue weighted by Gasteiger charge is 2.39. The van der Waals surface area contributed by atoms with Gasteiger partial charge in [0.05, 0.1) is 25.8 Å². The highest BCUT2D eigenvalue weighted by Crippen LogP contribution is 2.18. The van der Waals surface area contributed by atoms with E-state index in [9.17, 15) is 14.4 Å². The number of rotatable bonds is 3. The predicted octanol–water partition coefficient (Wildman–Crippen LogP) is 1.85. The quantitative estimate of drug-likeness (QED) is 0.757. The van der Waals surface area contributed by atoms with Crippen molar-refractivity contribution >= 4 is 18.0 Å². The molecule has 0 N–H and O–H groups in total. The van der Waals surface area contributed by atoms with Crippen LogP contribution in [0.15, 0.2) is 30.3 Å². The summed E-state index contributed by atoms with van der Waals surface area (Å²) in [5.74, 6) is -1.13. The van der Waals surface area contributed by atoms with Crippen molar-refractivity contribution in [2.45, 2.75) is 32.4 Å². The van der Waals surface area contributed by atoms with E-state index in [1.807, 2.05) is 0 Å². The van der Waals surface area contributed by atoms with Gasteiger partial charge in [-0.2, -0.15) is 0 Å². The summed E-state index contributed by atoms with van der Waals surface area (Å²) in [5.41, 5.74) is -0.286. The van der Waals surface area contributed by atoms with Crippen LogP contribution in [0.5, 0.6) is 0 Å². The van der Waals surface area contributed by atoms with Crippen LogP contribution in [0.3, 0.4) is 0 Å². The van der Waals surface area contributed by atoms with Gasteiger partial charge in [-0.05, 0) is 32.9 Å². The van der Waals surface area contributed by atoms with Crippen molar-refractivity contribution in [3.05, 3.63) is 35.9 Å². The zero-order valence-electron chi connectivity index (χ0n) is 15.4. The summed E-state index contributed by atoms with van der Waals surface area (Å²) in [4.78, 5) is 43.3. The van der Waals surface area contributed by atoms with Gasteiger partial charge in [-0.3, -0.25) is 4.90 Å². The van der Waals surface area contributed by atoms with Crippen LogP contribution in [0, 0.1) is 0 Å². The lowest BCUT2D eigenvalue weighted by Gasteiger charge is -2.38. The standard InChI is InChI=1S/C18H24N2O6/c1-18(2,3)25-17(23)20-11-10-19(12-14(20)16(22)24-4)26-15(21)13-8-6-5-7-9-13/h5-9,14H,10-12H2,1-4H3/t14-/m1/s1. The van der Waals surface area contributed by atoms with Crippen LogP contribution in [0.2, 0.25) is 0 Å². The third kappa shape index (κ3) is 5.19. The molecule has 0 aliphatic carbocycles. The topological polar surface area (TPSA) is 85.4 Å². The van der Waals surface area contributed by atoms with Crippen molar-refractivity contribution in [3.63, 3.8) is 0 Å². The Balaban J connectivity index is 2.06. The molecule has 0 aromatic heterocycles. The van der Waals surface area contributed by atoms with Crippen LogP contribution in [0.1, 0.15) is 31.1 Å². The van der Waals surface area contributed by atoms with Gasteiger partial charge in [0.1, 0.15) is 11.6 Å². The van der Waals surface area contributed by atoms with Gasteiger partial charge in [0.15, 0.2) is 0 Å². The van der Waals surface area contributed by atoms with Crippen LogP contribution < -0.4 is 0 Å². The maximum absolute atomic E-state index is 12.4. The molecule has 2 rings (SSSR count). The number of methoxy groups -OCH3 is 1. The normalized spacial score (nSPS) is 18.2. The number of carbonyl (C=O) groups is 3. The van der Waals surface area contributed by atoms with Gasteiger partial charge in [-0.25, -0.2) is 14.4 Å². The molecule has 8 heteroatoms. The van der Waals surface area contributed by atoms with E-state index < -0.39 is 29.7 Å². The van der Waals surface area contributed by atoms with E-state index in [0.717, 1.165) is 0 Å². The summed E-state index contributed by atoms with van der Waals surface area (Å²) in [6, 6.07) is 7.60. The lowest BCUT2D eigenvalue weighted by Crippen LogP contribution is -2.59. The summed E-state index contributed by atoms with van der Waals surface area (Å²) in [5, 5.41) is 1.36. The molecule has 1 aliphatic rings. The first kappa shape index (κ1) is 19.7. The average molecular weight is 364 g/mol. The SMILES string of the molecule is COC(=O)[C@H]1CN(OC(=O)c2ccccc2)CCN1C(=O)OC(C)(C)C. The summed E-state index contributed by atoms with van der Waals surface area (Å²) >= 11 is 0. The molecule has 1 atom stereocenters. The molecule has 1 fully saturated rings. The lowest BCUT2D eigenvalue weighted by atomic mass is 10.2. The van der Waals surface area contributed by atoms with E-state index in [4.69, 9.17) is 14.3 Å². The number of hydrogen-bond acceptors (Lipinski definition) is 7. The molecule has 8 nitrogen and oxygen atoms in total. The van der Waals surface area contributed by atoms with Gasteiger partial charge >= 0.3 is 18.0 Å². The fraction of sp³-hybridized carbons (Fsp3) is 0.500. The third-order valence-corrected chi connectivity index (χ3v) is 3.67. The molecule has 1 heterocycles. The molecule has 1 aromatic carbocycles. The van der Waals surface area contributed by atoms with E-state index in [2.05, 4.69) is 0 Å². The van der Waals surface area contributed by atoms with Crippen LogP contribution >= 0.6 is 0 Å². The molecule has 26 heavy (non-hydrogen) atoms. The Morgan fingerprint density at radius 3 is 2.31 bits per heavy atom. The van der Waals surface area contributed by atoms with Gasteiger partial charge in [-0.15, -0.1) is 5.06 Å². The molecular formula is C18H24N2O6. The molecule has 1 saturated heterocycles. The summed E-state index contributed by atoms with van der Waals surface area (Å²) in [6.07, 6.45) is -0.609. The number of amides is 1. The molecule has 0 radical (unpaired) electrons. The second-order valence-corrected chi connectivity index (χ2v) is 6.85. The first-order valence-electron chi connectivity index (χ1n) is 8.31. The number of nitrogens with zero attached hydrogens (tertiary/aromatic N) is 2. The Morgan fingerprint density at radius 2 is 1.73 bits per heavy atom. The minimum atomic E-state index is -0.924. The monoisotopic (exact) mass is 364 g/mol. The zero-order chi connectivity index (χ0) is 19.3. The minimum Gasteiger partial charge on any atom is -0.467 e. The number of esters is 1. The number of carbonyl (C=O) groups excluding carboxylic acids is 3. The number of ether oxygens (including phenoxy) is 2. The fourth-order valence-corrected chi connectivity index (χ4v) is 2.46. The molecule has 0 bridgehead atoms. The van der Waals surface area contributed by atoms with Crippen molar-refractivity contribution in [2.75, 3.05) is 26.7 Å². The first-order chi connectivity index (χ1) is 12.2. The lowest BCUT2D eigenvalue weighted by molar-refractivity contribution is -0.167. The Bertz CT molecular complexity index is 655.